The quantitative estimate of drug-likeness (QED) is 0.424. The zero-order chi connectivity index (χ0) is 10.6. The van der Waals surface area contributed by atoms with E-state index in [9.17, 15) is 9.59 Å². The highest BCUT2D eigenvalue weighted by molar-refractivity contribution is 5.98. The lowest BCUT2D eigenvalue weighted by molar-refractivity contribution is 0.0903. The van der Waals surface area contributed by atoms with E-state index in [1.54, 1.807) is 10.6 Å². The van der Waals surface area contributed by atoms with E-state index in [0.717, 1.165) is 0 Å². The summed E-state index contributed by atoms with van der Waals surface area (Å²) in [4.78, 5) is 21.7. The van der Waals surface area contributed by atoms with Crippen LogP contribution in [0.3, 0.4) is 0 Å². The van der Waals surface area contributed by atoms with Crippen molar-refractivity contribution in [3.63, 3.8) is 0 Å². The first-order valence-electron chi connectivity index (χ1n) is 4.13. The van der Waals surface area contributed by atoms with Gasteiger partial charge < -0.3 is 9.67 Å². The summed E-state index contributed by atoms with van der Waals surface area (Å²) in [5.41, 5.74) is 0.748. The molecule has 0 unspecified atom stereocenters. The highest BCUT2D eigenvalue weighted by atomic mass is 16.3. The first-order chi connectivity index (χ1) is 6.72. The van der Waals surface area contributed by atoms with Crippen molar-refractivity contribution >= 4 is 12.1 Å². The van der Waals surface area contributed by atoms with Crippen LogP contribution in [0.25, 0.3) is 0 Å². The van der Waals surface area contributed by atoms with Crippen LogP contribution in [0.4, 0.5) is 0 Å². The summed E-state index contributed by atoms with van der Waals surface area (Å²) < 4.78 is 1.60. The minimum absolute atomic E-state index is 0.344. The number of allylic oxidation sites excluding steroid dienone is 1. The molecular formula is C10H11NO3. The van der Waals surface area contributed by atoms with Gasteiger partial charge in [0.1, 0.15) is 6.61 Å². The Balaban J connectivity index is 3.05. The maximum atomic E-state index is 11.1. The zero-order valence-corrected chi connectivity index (χ0v) is 7.64. The third kappa shape index (κ3) is 1.97. The molecule has 0 bridgehead atoms. The molecule has 1 aromatic heterocycles. The van der Waals surface area contributed by atoms with Crippen molar-refractivity contribution in [2.75, 3.05) is 6.61 Å². The van der Waals surface area contributed by atoms with E-state index in [1.165, 1.54) is 12.3 Å². The SMILES string of the molecule is C=CCn1cc(C(=O)CO)cc1C=O. The Kier molecular flexibility index (Phi) is 3.36. The van der Waals surface area contributed by atoms with Crippen LogP contribution in [0, 0.1) is 0 Å². The molecule has 0 spiro atoms. The summed E-state index contributed by atoms with van der Waals surface area (Å²) in [6.45, 7) is 3.45. The van der Waals surface area contributed by atoms with Crippen molar-refractivity contribution in [2.45, 2.75) is 6.54 Å². The summed E-state index contributed by atoms with van der Waals surface area (Å²) in [7, 11) is 0. The molecule has 14 heavy (non-hydrogen) atoms. The van der Waals surface area contributed by atoms with Crippen LogP contribution in [-0.4, -0.2) is 28.3 Å². The predicted octanol–water partition coefficient (Wildman–Crippen LogP) is 0.662. The maximum Gasteiger partial charge on any atom is 0.189 e. The molecule has 1 N–H and O–H groups in total. The second kappa shape index (κ2) is 4.53. The van der Waals surface area contributed by atoms with Crippen LogP contribution in [0.1, 0.15) is 20.8 Å². The number of aliphatic hydroxyl groups is 1. The minimum atomic E-state index is -0.545. The average Bonchev–Trinajstić information content (AvgIpc) is 2.60. The Hall–Kier alpha value is -1.68. The Labute approximate surface area is 81.5 Å². The van der Waals surface area contributed by atoms with Crippen molar-refractivity contribution in [3.05, 3.63) is 36.2 Å². The molecule has 0 aliphatic rings. The molecule has 1 rings (SSSR count). The maximum absolute atomic E-state index is 11.1. The summed E-state index contributed by atoms with van der Waals surface area (Å²) >= 11 is 0. The number of ketones is 1. The minimum Gasteiger partial charge on any atom is -0.388 e. The molecule has 4 heteroatoms. The molecule has 0 aliphatic carbocycles. The van der Waals surface area contributed by atoms with Crippen LogP contribution in [0.15, 0.2) is 24.9 Å². The first kappa shape index (κ1) is 10.4. The molecule has 74 valence electrons. The molecule has 1 aromatic rings. The fourth-order valence-corrected chi connectivity index (χ4v) is 1.16. The van der Waals surface area contributed by atoms with Crippen molar-refractivity contribution in [1.29, 1.82) is 0 Å². The highest BCUT2D eigenvalue weighted by Crippen LogP contribution is 2.07. The normalized spacial score (nSPS) is 9.79. The first-order valence-corrected chi connectivity index (χ1v) is 4.13. The van der Waals surface area contributed by atoms with Gasteiger partial charge in [-0.05, 0) is 6.07 Å². The largest absolute Gasteiger partial charge is 0.388 e. The molecule has 0 saturated carbocycles. The molecule has 0 amide bonds. The molecular weight excluding hydrogens is 182 g/mol. The standard InChI is InChI=1S/C10H11NO3/c1-2-3-11-5-8(10(14)7-13)4-9(11)6-12/h2,4-6,13H,1,3,7H2. The van der Waals surface area contributed by atoms with E-state index in [1.807, 2.05) is 0 Å². The summed E-state index contributed by atoms with van der Waals surface area (Å²) in [5, 5.41) is 8.62. The predicted molar refractivity (Wildman–Crippen MR) is 51.4 cm³/mol. The van der Waals surface area contributed by atoms with Gasteiger partial charge >= 0.3 is 0 Å². The van der Waals surface area contributed by atoms with Gasteiger partial charge in [0.25, 0.3) is 0 Å². The van der Waals surface area contributed by atoms with E-state index in [4.69, 9.17) is 5.11 Å². The number of hydrogen-bond acceptors (Lipinski definition) is 3. The third-order valence-corrected chi connectivity index (χ3v) is 1.84. The van der Waals surface area contributed by atoms with Gasteiger partial charge in [-0.3, -0.25) is 9.59 Å². The zero-order valence-electron chi connectivity index (χ0n) is 7.64. The van der Waals surface area contributed by atoms with Crippen molar-refractivity contribution < 1.29 is 14.7 Å². The molecule has 0 fully saturated rings. The van der Waals surface area contributed by atoms with E-state index in [-0.39, 0.29) is 0 Å². The van der Waals surface area contributed by atoms with E-state index >= 15 is 0 Å². The fraction of sp³-hybridized carbons (Fsp3) is 0.200. The highest BCUT2D eigenvalue weighted by Gasteiger charge is 2.09. The number of aliphatic hydroxyl groups excluding tert-OH is 1. The van der Waals surface area contributed by atoms with Gasteiger partial charge in [0, 0.05) is 18.3 Å². The smallest absolute Gasteiger partial charge is 0.189 e. The molecule has 0 atom stereocenters. The van der Waals surface area contributed by atoms with Crippen LogP contribution in [-0.2, 0) is 6.54 Å². The van der Waals surface area contributed by atoms with E-state index < -0.39 is 12.4 Å². The van der Waals surface area contributed by atoms with Crippen molar-refractivity contribution in [3.8, 4) is 0 Å². The van der Waals surface area contributed by atoms with Gasteiger partial charge in [0.15, 0.2) is 12.1 Å². The third-order valence-electron chi connectivity index (χ3n) is 1.84. The van der Waals surface area contributed by atoms with Crippen molar-refractivity contribution in [1.82, 2.24) is 4.57 Å². The van der Waals surface area contributed by atoms with Crippen LogP contribution in [0.2, 0.25) is 0 Å². The van der Waals surface area contributed by atoms with Gasteiger partial charge in [-0.1, -0.05) is 6.08 Å². The van der Waals surface area contributed by atoms with Crippen molar-refractivity contribution in [2.24, 2.45) is 0 Å². The van der Waals surface area contributed by atoms with Gasteiger partial charge in [-0.15, -0.1) is 6.58 Å². The summed E-state index contributed by atoms with van der Waals surface area (Å²) in [6.07, 6.45) is 3.82. The Morgan fingerprint density at radius 3 is 2.86 bits per heavy atom. The monoisotopic (exact) mass is 193 g/mol. The number of nitrogens with zero attached hydrogens (tertiary/aromatic N) is 1. The van der Waals surface area contributed by atoms with Gasteiger partial charge in [0.05, 0.1) is 5.69 Å². The number of hydrogen-bond donors (Lipinski definition) is 1. The molecule has 4 nitrogen and oxygen atoms in total. The lowest BCUT2D eigenvalue weighted by Crippen LogP contribution is -2.02. The number of Topliss-reactive ketones (excluding diaryl/α,β-unsaturated/α-hetero) is 1. The number of rotatable bonds is 5. The Morgan fingerprint density at radius 2 is 2.36 bits per heavy atom. The summed E-state index contributed by atoms with van der Waals surface area (Å²) in [5.74, 6) is -0.393. The van der Waals surface area contributed by atoms with Gasteiger partial charge in [-0.25, -0.2) is 0 Å². The van der Waals surface area contributed by atoms with Gasteiger partial charge in [-0.2, -0.15) is 0 Å². The van der Waals surface area contributed by atoms with Crippen LogP contribution >= 0.6 is 0 Å². The van der Waals surface area contributed by atoms with Crippen LogP contribution in [0.5, 0.6) is 0 Å². The molecule has 0 saturated heterocycles. The second-order valence-corrected chi connectivity index (χ2v) is 2.79. The van der Waals surface area contributed by atoms with Gasteiger partial charge in [0.2, 0.25) is 0 Å². The summed E-state index contributed by atoms with van der Waals surface area (Å²) in [6, 6.07) is 1.45. The number of aldehydes is 1. The lowest BCUT2D eigenvalue weighted by Gasteiger charge is -1.98. The molecule has 0 aromatic carbocycles. The number of carbonyl (C=O) groups excluding carboxylic acids is 2. The molecule has 0 radical (unpaired) electrons. The lowest BCUT2D eigenvalue weighted by atomic mass is 10.2. The fourth-order valence-electron chi connectivity index (χ4n) is 1.16. The average molecular weight is 193 g/mol. The van der Waals surface area contributed by atoms with E-state index in [2.05, 4.69) is 6.58 Å². The Morgan fingerprint density at radius 1 is 1.64 bits per heavy atom. The second-order valence-electron chi connectivity index (χ2n) is 2.79. The van der Waals surface area contributed by atoms with E-state index in [0.29, 0.717) is 24.1 Å². The number of carbonyl (C=O) groups is 2. The Bertz CT molecular complexity index is 365. The van der Waals surface area contributed by atoms with Crippen LogP contribution < -0.4 is 0 Å². The molecule has 1 heterocycles. The molecule has 0 aliphatic heterocycles. The number of aromatic nitrogens is 1. The topological polar surface area (TPSA) is 59.3 Å².